The highest BCUT2D eigenvalue weighted by Gasteiger charge is 2.33. The molecule has 4 rings (SSSR count). The molecule has 0 aliphatic heterocycles. The van der Waals surface area contributed by atoms with Crippen LogP contribution in [0.25, 0.3) is 0 Å². The van der Waals surface area contributed by atoms with E-state index in [1.165, 1.54) is 24.8 Å². The lowest BCUT2D eigenvalue weighted by atomic mass is 9.96. The van der Waals surface area contributed by atoms with Gasteiger partial charge in [-0.05, 0) is 60.8 Å². The van der Waals surface area contributed by atoms with E-state index in [-0.39, 0.29) is 5.91 Å². The first-order valence-electron chi connectivity index (χ1n) is 8.13. The lowest BCUT2D eigenvalue weighted by Crippen LogP contribution is -2.24. The molecule has 2 aliphatic carbocycles. The van der Waals surface area contributed by atoms with Gasteiger partial charge in [-0.3, -0.25) is 4.79 Å². The number of rotatable bonds is 6. The van der Waals surface area contributed by atoms with Crippen molar-refractivity contribution in [3.63, 3.8) is 0 Å². The number of nitrogens with one attached hydrogen (secondary N) is 1. The van der Waals surface area contributed by atoms with Crippen LogP contribution in [0.5, 0.6) is 5.75 Å². The molecular weight excluding hydrogens is 292 g/mol. The Balaban J connectivity index is 1.62. The van der Waals surface area contributed by atoms with Gasteiger partial charge in [0.15, 0.2) is 6.39 Å². The van der Waals surface area contributed by atoms with Crippen molar-refractivity contribution in [2.45, 2.75) is 44.1 Å². The Bertz CT molecular complexity index is 716. The predicted octanol–water partition coefficient (Wildman–Crippen LogP) is 3.37. The van der Waals surface area contributed by atoms with Gasteiger partial charge in [0.2, 0.25) is 0 Å². The quantitative estimate of drug-likeness (QED) is 0.888. The van der Waals surface area contributed by atoms with E-state index in [0.717, 1.165) is 29.7 Å². The van der Waals surface area contributed by atoms with Crippen LogP contribution in [0.2, 0.25) is 0 Å². The largest absolute Gasteiger partial charge is 0.496 e. The van der Waals surface area contributed by atoms with Gasteiger partial charge in [0.25, 0.3) is 5.91 Å². The molecule has 0 radical (unpaired) electrons. The molecule has 2 saturated carbocycles. The molecule has 5 heteroatoms. The second-order valence-corrected chi connectivity index (χ2v) is 6.38. The first kappa shape index (κ1) is 14.3. The molecule has 23 heavy (non-hydrogen) atoms. The molecule has 1 aromatic carbocycles. The van der Waals surface area contributed by atoms with Crippen molar-refractivity contribution >= 4 is 5.91 Å². The van der Waals surface area contributed by atoms with E-state index in [2.05, 4.69) is 16.4 Å². The molecule has 2 aromatic rings. The zero-order valence-electron chi connectivity index (χ0n) is 13.2. The summed E-state index contributed by atoms with van der Waals surface area (Å²) in [6.07, 6.45) is 7.64. The summed E-state index contributed by atoms with van der Waals surface area (Å²) < 4.78 is 10.7. The maximum Gasteiger partial charge on any atom is 0.251 e. The van der Waals surface area contributed by atoms with Gasteiger partial charge in [0.1, 0.15) is 11.5 Å². The Hall–Kier alpha value is -2.30. The van der Waals surface area contributed by atoms with Crippen LogP contribution < -0.4 is 10.1 Å². The van der Waals surface area contributed by atoms with E-state index in [1.54, 1.807) is 13.3 Å². The highest BCUT2D eigenvalue weighted by molar-refractivity contribution is 5.96. The van der Waals surface area contributed by atoms with Gasteiger partial charge < -0.3 is 14.5 Å². The van der Waals surface area contributed by atoms with Gasteiger partial charge in [-0.1, -0.05) is 0 Å². The Morgan fingerprint density at radius 2 is 2.00 bits per heavy atom. The van der Waals surface area contributed by atoms with Gasteiger partial charge in [-0.2, -0.15) is 0 Å². The molecule has 0 atom stereocenters. The Morgan fingerprint density at radius 3 is 2.61 bits per heavy atom. The summed E-state index contributed by atoms with van der Waals surface area (Å²) in [6, 6.07) is 4.12. The first-order valence-corrected chi connectivity index (χ1v) is 8.13. The molecule has 2 aliphatic rings. The Labute approximate surface area is 135 Å². The van der Waals surface area contributed by atoms with Crippen molar-refractivity contribution in [3.05, 3.63) is 47.2 Å². The zero-order chi connectivity index (χ0) is 15.8. The molecule has 1 amide bonds. The SMILES string of the molecule is COc1cc(C2CC2)c(C(=O)NCc2cnco2)cc1C1CC1. The summed E-state index contributed by atoms with van der Waals surface area (Å²) in [5.41, 5.74) is 3.07. The lowest BCUT2D eigenvalue weighted by molar-refractivity contribution is 0.0947. The number of hydrogen-bond acceptors (Lipinski definition) is 4. The van der Waals surface area contributed by atoms with Crippen molar-refractivity contribution in [1.29, 1.82) is 0 Å². The van der Waals surface area contributed by atoms with Crippen LogP contribution in [0.3, 0.4) is 0 Å². The fourth-order valence-corrected chi connectivity index (χ4v) is 3.02. The predicted molar refractivity (Wildman–Crippen MR) is 84.6 cm³/mol. The van der Waals surface area contributed by atoms with Gasteiger partial charge in [-0.25, -0.2) is 4.98 Å². The number of oxazole rings is 1. The van der Waals surface area contributed by atoms with E-state index in [9.17, 15) is 4.79 Å². The summed E-state index contributed by atoms with van der Waals surface area (Å²) in [5, 5.41) is 2.93. The van der Waals surface area contributed by atoms with Crippen molar-refractivity contribution in [2.24, 2.45) is 0 Å². The standard InChI is InChI=1S/C18H20N2O3/c1-22-17-7-14(11-2-3-11)16(6-15(17)12-4-5-12)18(21)20-9-13-8-19-10-23-13/h6-8,10-12H,2-5,9H2,1H3,(H,20,21). The first-order chi connectivity index (χ1) is 11.3. The number of carbonyl (C=O) groups is 1. The van der Waals surface area contributed by atoms with Crippen LogP contribution in [0.15, 0.2) is 29.1 Å². The van der Waals surface area contributed by atoms with Crippen molar-refractivity contribution in [3.8, 4) is 5.75 Å². The molecule has 0 spiro atoms. The summed E-state index contributed by atoms with van der Waals surface area (Å²) in [4.78, 5) is 16.5. The Morgan fingerprint density at radius 1 is 1.26 bits per heavy atom. The third-order valence-electron chi connectivity index (χ3n) is 4.59. The monoisotopic (exact) mass is 312 g/mol. The average Bonchev–Trinajstić information content (AvgIpc) is 3.50. The van der Waals surface area contributed by atoms with E-state index >= 15 is 0 Å². The number of ether oxygens (including phenoxy) is 1. The maximum atomic E-state index is 12.7. The van der Waals surface area contributed by atoms with Crippen molar-refractivity contribution in [2.75, 3.05) is 7.11 Å². The van der Waals surface area contributed by atoms with E-state index in [4.69, 9.17) is 9.15 Å². The van der Waals surface area contributed by atoms with Gasteiger partial charge in [0, 0.05) is 5.56 Å². The summed E-state index contributed by atoms with van der Waals surface area (Å²) >= 11 is 0. The lowest BCUT2D eigenvalue weighted by Gasteiger charge is -2.15. The molecule has 1 N–H and O–H groups in total. The normalized spacial score (nSPS) is 17.1. The summed E-state index contributed by atoms with van der Waals surface area (Å²) in [7, 11) is 1.71. The van der Waals surface area contributed by atoms with Gasteiger partial charge >= 0.3 is 0 Å². The second-order valence-electron chi connectivity index (χ2n) is 6.38. The smallest absolute Gasteiger partial charge is 0.251 e. The minimum atomic E-state index is -0.0483. The minimum Gasteiger partial charge on any atom is -0.496 e. The van der Waals surface area contributed by atoms with Crippen LogP contribution in [-0.4, -0.2) is 18.0 Å². The third-order valence-corrected chi connectivity index (χ3v) is 4.59. The maximum absolute atomic E-state index is 12.7. The van der Waals surface area contributed by atoms with E-state index < -0.39 is 0 Å². The summed E-state index contributed by atoms with van der Waals surface area (Å²) in [6.45, 7) is 0.355. The molecule has 0 unspecified atom stereocenters. The molecule has 2 fully saturated rings. The number of amides is 1. The van der Waals surface area contributed by atoms with Crippen LogP contribution >= 0.6 is 0 Å². The fraction of sp³-hybridized carbons (Fsp3) is 0.444. The number of carbonyl (C=O) groups excluding carboxylic acids is 1. The molecule has 5 nitrogen and oxygen atoms in total. The zero-order valence-corrected chi connectivity index (χ0v) is 13.2. The molecule has 0 bridgehead atoms. The number of hydrogen-bond donors (Lipinski definition) is 1. The van der Waals surface area contributed by atoms with Crippen LogP contribution in [0, 0.1) is 0 Å². The van der Waals surface area contributed by atoms with Gasteiger partial charge in [-0.15, -0.1) is 0 Å². The summed E-state index contributed by atoms with van der Waals surface area (Å²) in [5.74, 6) is 2.57. The molecule has 120 valence electrons. The van der Waals surface area contributed by atoms with Crippen molar-refractivity contribution in [1.82, 2.24) is 10.3 Å². The molecular formula is C18H20N2O3. The number of methoxy groups -OCH3 is 1. The molecule has 1 aromatic heterocycles. The van der Waals surface area contributed by atoms with E-state index in [0.29, 0.717) is 24.1 Å². The fourth-order valence-electron chi connectivity index (χ4n) is 3.02. The third kappa shape index (κ3) is 2.96. The van der Waals surface area contributed by atoms with Crippen molar-refractivity contribution < 1.29 is 13.9 Å². The van der Waals surface area contributed by atoms with Crippen LogP contribution in [0.4, 0.5) is 0 Å². The molecule has 1 heterocycles. The van der Waals surface area contributed by atoms with Crippen LogP contribution in [0.1, 0.15) is 64.8 Å². The Kier molecular flexibility index (Phi) is 3.56. The highest BCUT2D eigenvalue weighted by Crippen LogP contribution is 2.48. The van der Waals surface area contributed by atoms with Crippen LogP contribution in [-0.2, 0) is 6.54 Å². The van der Waals surface area contributed by atoms with Gasteiger partial charge in [0.05, 0.1) is 19.9 Å². The second kappa shape index (κ2) is 5.72. The number of nitrogens with zero attached hydrogens (tertiary/aromatic N) is 1. The highest BCUT2D eigenvalue weighted by atomic mass is 16.5. The number of aromatic nitrogens is 1. The topological polar surface area (TPSA) is 64.4 Å². The average molecular weight is 312 g/mol. The van der Waals surface area contributed by atoms with E-state index in [1.807, 2.05) is 6.07 Å². The molecule has 0 saturated heterocycles. The minimum absolute atomic E-state index is 0.0483. The number of benzene rings is 1.